The van der Waals surface area contributed by atoms with Gasteiger partial charge in [0.25, 0.3) is 0 Å². The van der Waals surface area contributed by atoms with Gasteiger partial charge in [-0.3, -0.25) is 4.79 Å². The van der Waals surface area contributed by atoms with E-state index in [-0.39, 0.29) is 30.6 Å². The summed E-state index contributed by atoms with van der Waals surface area (Å²) in [4.78, 5) is 30.3. The molecule has 1 heterocycles. The van der Waals surface area contributed by atoms with Crippen LogP contribution in [0.4, 0.5) is 4.79 Å². The number of hydrogen-bond acceptors (Lipinski definition) is 4. The highest BCUT2D eigenvalue weighted by Crippen LogP contribution is 2.54. The zero-order valence-electron chi connectivity index (χ0n) is 21.8. The van der Waals surface area contributed by atoms with Crippen LogP contribution in [0, 0.1) is 29.6 Å². The van der Waals surface area contributed by atoms with E-state index >= 15 is 0 Å². The lowest BCUT2D eigenvalue weighted by Crippen LogP contribution is -2.61. The summed E-state index contributed by atoms with van der Waals surface area (Å²) in [6.45, 7) is 5.65. The maximum absolute atomic E-state index is 13.7. The van der Waals surface area contributed by atoms with Crippen LogP contribution in [0.3, 0.4) is 0 Å². The molecular weight excluding hydrogens is 454 g/mol. The Morgan fingerprint density at radius 2 is 1.81 bits per heavy atom. The molecule has 4 N–H and O–H groups in total. The topological polar surface area (TPSA) is 103 Å². The van der Waals surface area contributed by atoms with E-state index in [1.165, 1.54) is 6.42 Å². The van der Waals surface area contributed by atoms with Gasteiger partial charge < -0.3 is 25.5 Å². The maximum Gasteiger partial charge on any atom is 0.408 e. The summed E-state index contributed by atoms with van der Waals surface area (Å²) >= 11 is 0. The number of aliphatic hydroxyl groups is 1. The fourth-order valence-corrected chi connectivity index (χ4v) is 7.27. The van der Waals surface area contributed by atoms with Crippen molar-refractivity contribution in [2.75, 3.05) is 6.61 Å². The fraction of sp³-hybridized carbons (Fsp3) is 0.655. The number of carbonyl (C=O) groups excluding carboxylic acids is 2. The van der Waals surface area contributed by atoms with Gasteiger partial charge >= 0.3 is 6.09 Å². The molecule has 6 rings (SSSR count). The Hall–Kier alpha value is -2.54. The highest BCUT2D eigenvalue weighted by Gasteiger charge is 2.50. The van der Waals surface area contributed by atoms with Gasteiger partial charge in [0.05, 0.1) is 12.6 Å². The monoisotopic (exact) mass is 495 g/mol. The normalized spacial score (nSPS) is 29.9. The number of hydrogen-bond donors (Lipinski definition) is 4. The average Bonchev–Trinajstić information content (AvgIpc) is 3.26. The molecule has 36 heavy (non-hydrogen) atoms. The number of nitrogens with one attached hydrogen (secondary N) is 3. The minimum atomic E-state index is -1.24. The van der Waals surface area contributed by atoms with Gasteiger partial charge in [0.2, 0.25) is 5.91 Å². The van der Waals surface area contributed by atoms with Crippen LogP contribution >= 0.6 is 0 Å². The van der Waals surface area contributed by atoms with Gasteiger partial charge in [0.1, 0.15) is 11.6 Å². The first-order chi connectivity index (χ1) is 17.3. The van der Waals surface area contributed by atoms with Crippen molar-refractivity contribution >= 4 is 22.9 Å². The zero-order valence-corrected chi connectivity index (χ0v) is 21.8. The maximum atomic E-state index is 13.7. The van der Waals surface area contributed by atoms with Crippen molar-refractivity contribution in [2.24, 2.45) is 29.6 Å². The third kappa shape index (κ3) is 4.86. The summed E-state index contributed by atoms with van der Waals surface area (Å²) in [5, 5.41) is 16.9. The molecule has 1 aromatic heterocycles. The van der Waals surface area contributed by atoms with Crippen molar-refractivity contribution in [3.05, 3.63) is 36.0 Å². The minimum Gasteiger partial charge on any atom is -0.446 e. The zero-order chi connectivity index (χ0) is 25.4. The molecule has 4 aliphatic rings. The average molecular weight is 496 g/mol. The van der Waals surface area contributed by atoms with Crippen LogP contribution in [-0.2, 0) is 16.0 Å². The summed E-state index contributed by atoms with van der Waals surface area (Å²) in [5.74, 6) is 2.29. The number of aromatic amines is 1. The number of aromatic nitrogens is 1. The molecule has 4 fully saturated rings. The molecule has 4 bridgehead atoms. The van der Waals surface area contributed by atoms with Crippen LogP contribution in [0.2, 0.25) is 0 Å². The van der Waals surface area contributed by atoms with Crippen molar-refractivity contribution in [1.82, 2.24) is 15.6 Å². The van der Waals surface area contributed by atoms with Gasteiger partial charge in [-0.1, -0.05) is 38.5 Å². The van der Waals surface area contributed by atoms with Gasteiger partial charge in [0.15, 0.2) is 0 Å². The molecule has 7 heteroatoms. The number of para-hydroxylation sites is 1. The van der Waals surface area contributed by atoms with E-state index in [2.05, 4.69) is 15.6 Å². The lowest BCUT2D eigenvalue weighted by atomic mass is 9.55. The largest absolute Gasteiger partial charge is 0.446 e. The van der Waals surface area contributed by atoms with E-state index in [1.807, 2.05) is 44.3 Å². The first-order valence-corrected chi connectivity index (χ1v) is 13.7. The van der Waals surface area contributed by atoms with Crippen LogP contribution in [0.15, 0.2) is 30.5 Å². The van der Waals surface area contributed by atoms with Gasteiger partial charge in [-0.2, -0.15) is 0 Å². The van der Waals surface area contributed by atoms with Crippen LogP contribution < -0.4 is 10.6 Å². The number of ether oxygens (including phenoxy) is 1. The second-order valence-corrected chi connectivity index (χ2v) is 11.9. The lowest BCUT2D eigenvalue weighted by molar-refractivity contribution is -0.129. The highest BCUT2D eigenvalue weighted by molar-refractivity contribution is 5.91. The first-order valence-electron chi connectivity index (χ1n) is 13.7. The number of alkyl carbamates (subject to hydrolysis) is 1. The van der Waals surface area contributed by atoms with Crippen molar-refractivity contribution < 1.29 is 19.4 Å². The predicted octanol–water partition coefficient (Wildman–Crippen LogP) is 4.54. The Morgan fingerprint density at radius 1 is 1.14 bits per heavy atom. The van der Waals surface area contributed by atoms with E-state index in [1.54, 1.807) is 6.92 Å². The Balaban J connectivity index is 1.35. The second kappa shape index (κ2) is 10.1. The first kappa shape index (κ1) is 25.1. The predicted molar refractivity (Wildman–Crippen MR) is 139 cm³/mol. The number of H-pyrrole nitrogens is 1. The third-order valence-electron chi connectivity index (χ3n) is 9.33. The summed E-state index contributed by atoms with van der Waals surface area (Å²) in [6.07, 6.45) is 8.44. The van der Waals surface area contributed by atoms with Gasteiger partial charge in [0, 0.05) is 23.5 Å². The molecule has 0 radical (unpaired) electrons. The molecule has 3 atom stereocenters. The van der Waals surface area contributed by atoms with Gasteiger partial charge in [-0.15, -0.1) is 0 Å². The standard InChI is InChI=1S/C29H41N3O4/c1-4-17(2)25(16-33)31-27(34)29(3,14-22-15-30-24-8-6-5-7-23(22)24)32-28(35)36-26-20-10-18-9-19(12-20)13-21(26)11-18/h5-8,15,17-21,25-26,30,33H,4,9-14,16H2,1-3H3,(H,31,34)(H,32,35)/t17-,18?,19?,20?,21?,25?,26?,29-/m1/s1. The lowest BCUT2D eigenvalue weighted by Gasteiger charge is -2.53. The van der Waals surface area contributed by atoms with E-state index in [0.717, 1.165) is 60.4 Å². The Morgan fingerprint density at radius 3 is 2.44 bits per heavy atom. The molecule has 4 aliphatic carbocycles. The van der Waals surface area contributed by atoms with Gasteiger partial charge in [-0.05, 0) is 80.2 Å². The molecule has 196 valence electrons. The minimum absolute atomic E-state index is 0.0523. The van der Waals surface area contributed by atoms with Crippen molar-refractivity contribution in [1.29, 1.82) is 0 Å². The molecule has 1 aromatic carbocycles. The molecule has 0 saturated heterocycles. The second-order valence-electron chi connectivity index (χ2n) is 11.9. The Labute approximate surface area is 213 Å². The van der Waals surface area contributed by atoms with Crippen LogP contribution in [0.1, 0.15) is 64.9 Å². The molecule has 0 aliphatic heterocycles. The van der Waals surface area contributed by atoms with E-state index in [4.69, 9.17) is 4.74 Å². The molecule has 4 saturated carbocycles. The SMILES string of the molecule is CC[C@@H](C)C(CO)NC(=O)[C@@](C)(Cc1c[nH]c2ccccc12)NC(=O)OC1C2CC3CC(C2)CC1C3. The van der Waals surface area contributed by atoms with E-state index < -0.39 is 11.6 Å². The fourth-order valence-electron chi connectivity index (χ4n) is 7.27. The molecule has 2 aromatic rings. The molecule has 1 unspecified atom stereocenters. The summed E-state index contributed by atoms with van der Waals surface area (Å²) < 4.78 is 6.09. The van der Waals surface area contributed by atoms with Gasteiger partial charge in [-0.25, -0.2) is 4.79 Å². The number of rotatable bonds is 9. The van der Waals surface area contributed by atoms with Crippen LogP contribution in [0.25, 0.3) is 10.9 Å². The van der Waals surface area contributed by atoms with Crippen LogP contribution in [0.5, 0.6) is 0 Å². The number of benzene rings is 1. The molecular formula is C29H41N3O4. The highest BCUT2D eigenvalue weighted by atomic mass is 16.6. The number of carbonyl (C=O) groups is 2. The van der Waals surface area contributed by atoms with Crippen LogP contribution in [-0.4, -0.2) is 46.4 Å². The summed E-state index contributed by atoms with van der Waals surface area (Å²) in [6, 6.07) is 7.56. The molecule has 2 amide bonds. The third-order valence-corrected chi connectivity index (χ3v) is 9.33. The summed E-state index contributed by atoms with van der Waals surface area (Å²) in [7, 11) is 0. The van der Waals surface area contributed by atoms with Crippen molar-refractivity contribution in [2.45, 2.75) is 83.4 Å². The number of aliphatic hydroxyl groups excluding tert-OH is 1. The Kier molecular flexibility index (Phi) is 7.03. The Bertz CT molecular complexity index is 1070. The number of amides is 2. The van der Waals surface area contributed by atoms with Crippen molar-refractivity contribution in [3.63, 3.8) is 0 Å². The molecule has 7 nitrogen and oxygen atoms in total. The molecule has 0 spiro atoms. The smallest absolute Gasteiger partial charge is 0.408 e. The van der Waals surface area contributed by atoms with E-state index in [9.17, 15) is 14.7 Å². The van der Waals surface area contributed by atoms with Crippen molar-refractivity contribution in [3.8, 4) is 0 Å². The summed E-state index contributed by atoms with van der Waals surface area (Å²) in [5.41, 5.74) is 0.691. The van der Waals surface area contributed by atoms with E-state index in [0.29, 0.717) is 18.3 Å². The number of fused-ring (bicyclic) bond motifs is 1. The quantitative estimate of drug-likeness (QED) is 0.410.